The van der Waals surface area contributed by atoms with E-state index in [1.54, 1.807) is 12.1 Å². The van der Waals surface area contributed by atoms with Crippen molar-refractivity contribution < 1.29 is 13.2 Å². The topological polar surface area (TPSA) is 69.7 Å². The van der Waals surface area contributed by atoms with Crippen LogP contribution >= 0.6 is 0 Å². The van der Waals surface area contributed by atoms with Crippen LogP contribution in [0.15, 0.2) is 53.4 Å². The van der Waals surface area contributed by atoms with Gasteiger partial charge in [-0.15, -0.1) is 0 Å². The predicted molar refractivity (Wildman–Crippen MR) is 116 cm³/mol. The third-order valence-corrected chi connectivity index (χ3v) is 7.01. The second-order valence-corrected chi connectivity index (χ2v) is 9.23. The van der Waals surface area contributed by atoms with Crippen LogP contribution < -0.4 is 9.62 Å². The van der Waals surface area contributed by atoms with Crippen LogP contribution in [0.4, 0.5) is 5.69 Å². The number of aryl methyl sites for hydroxylation is 1. The Morgan fingerprint density at radius 1 is 1.03 bits per heavy atom. The number of benzene rings is 2. The first kappa shape index (κ1) is 21.3. The second-order valence-electron chi connectivity index (χ2n) is 7.52. The Labute approximate surface area is 173 Å². The number of anilines is 1. The molecule has 0 spiro atoms. The lowest BCUT2D eigenvalue weighted by molar-refractivity contribution is 0.0746. The van der Waals surface area contributed by atoms with Gasteiger partial charge in [0.15, 0.2) is 0 Å². The molecule has 0 unspecified atom stereocenters. The lowest BCUT2D eigenvalue weighted by Gasteiger charge is -2.36. The van der Waals surface area contributed by atoms with Gasteiger partial charge in [-0.25, -0.2) is 13.1 Å². The van der Waals surface area contributed by atoms with Gasteiger partial charge in [-0.2, -0.15) is 0 Å². The van der Waals surface area contributed by atoms with E-state index in [-0.39, 0.29) is 16.8 Å². The van der Waals surface area contributed by atoms with Crippen molar-refractivity contribution in [3.63, 3.8) is 0 Å². The smallest absolute Gasteiger partial charge is 0.253 e. The average molecular weight is 416 g/mol. The summed E-state index contributed by atoms with van der Waals surface area (Å²) in [5, 5.41) is 0. The molecule has 1 fully saturated rings. The molecule has 0 aliphatic carbocycles. The summed E-state index contributed by atoms with van der Waals surface area (Å²) < 4.78 is 27.4. The Hall–Kier alpha value is -2.38. The fourth-order valence-corrected chi connectivity index (χ4v) is 4.77. The molecule has 7 heteroatoms. The first-order valence-corrected chi connectivity index (χ1v) is 11.5. The van der Waals surface area contributed by atoms with E-state index in [1.165, 1.54) is 23.4 Å². The van der Waals surface area contributed by atoms with Crippen LogP contribution in [0.3, 0.4) is 0 Å². The predicted octanol–water partition coefficient (Wildman–Crippen LogP) is 3.03. The van der Waals surface area contributed by atoms with E-state index in [1.807, 2.05) is 30.9 Å². The minimum absolute atomic E-state index is 0.0618. The highest BCUT2D eigenvalue weighted by Crippen LogP contribution is 2.21. The molecular formula is C22H29N3O3S. The number of piperazine rings is 1. The zero-order valence-electron chi connectivity index (χ0n) is 17.3. The highest BCUT2D eigenvalue weighted by atomic mass is 32.2. The van der Waals surface area contributed by atoms with Gasteiger partial charge in [0.1, 0.15) is 0 Å². The molecule has 2 aromatic rings. The molecule has 1 aliphatic rings. The molecule has 0 saturated carbocycles. The van der Waals surface area contributed by atoms with Crippen molar-refractivity contribution in [1.82, 2.24) is 9.62 Å². The molecule has 1 aliphatic heterocycles. The van der Waals surface area contributed by atoms with Crippen molar-refractivity contribution >= 4 is 21.6 Å². The Bertz CT molecular complexity index is 950. The number of carbonyl (C=O) groups excluding carboxylic acids is 1. The third-order valence-electron chi connectivity index (χ3n) is 5.40. The van der Waals surface area contributed by atoms with Crippen molar-refractivity contribution in [1.29, 1.82) is 0 Å². The second kappa shape index (κ2) is 8.97. The largest absolute Gasteiger partial charge is 0.368 e. The molecule has 1 heterocycles. The van der Waals surface area contributed by atoms with Crippen LogP contribution in [0.5, 0.6) is 0 Å². The normalized spacial score (nSPS) is 16.0. The van der Waals surface area contributed by atoms with Gasteiger partial charge in [0.25, 0.3) is 5.91 Å². The first-order valence-electron chi connectivity index (χ1n) is 10.0. The molecule has 2 aromatic carbocycles. The Morgan fingerprint density at radius 2 is 1.66 bits per heavy atom. The zero-order valence-corrected chi connectivity index (χ0v) is 18.1. The van der Waals surface area contributed by atoms with E-state index in [9.17, 15) is 13.2 Å². The molecule has 6 nitrogen and oxygen atoms in total. The quantitative estimate of drug-likeness (QED) is 0.787. The van der Waals surface area contributed by atoms with Gasteiger partial charge >= 0.3 is 0 Å². The summed E-state index contributed by atoms with van der Waals surface area (Å²) in [6.45, 7) is 8.69. The number of nitrogens with zero attached hydrogens (tertiary/aromatic N) is 2. The van der Waals surface area contributed by atoms with E-state index >= 15 is 0 Å². The molecule has 0 aromatic heterocycles. The van der Waals surface area contributed by atoms with Gasteiger partial charge in [0.05, 0.1) is 4.90 Å². The Balaban J connectivity index is 1.64. The van der Waals surface area contributed by atoms with Crippen molar-refractivity contribution in [2.24, 2.45) is 0 Å². The van der Waals surface area contributed by atoms with Crippen LogP contribution in [0.2, 0.25) is 0 Å². The molecule has 0 radical (unpaired) electrons. The van der Waals surface area contributed by atoms with Gasteiger partial charge in [0, 0.05) is 43.5 Å². The summed E-state index contributed by atoms with van der Waals surface area (Å²) >= 11 is 0. The van der Waals surface area contributed by atoms with Crippen LogP contribution in [0.1, 0.15) is 36.2 Å². The molecule has 3 rings (SSSR count). The first-order chi connectivity index (χ1) is 13.8. The lowest BCUT2D eigenvalue weighted by Crippen LogP contribution is -2.49. The summed E-state index contributed by atoms with van der Waals surface area (Å²) in [7, 11) is -3.56. The van der Waals surface area contributed by atoms with Crippen molar-refractivity contribution in [3.8, 4) is 0 Å². The van der Waals surface area contributed by atoms with Crippen LogP contribution in [0.25, 0.3) is 0 Å². The van der Waals surface area contributed by atoms with Gasteiger partial charge in [-0.05, 0) is 56.2 Å². The number of nitrogens with one attached hydrogen (secondary N) is 1. The fourth-order valence-electron chi connectivity index (χ4n) is 3.44. The monoisotopic (exact) mass is 415 g/mol. The summed E-state index contributed by atoms with van der Waals surface area (Å²) in [6, 6.07) is 14.3. The van der Waals surface area contributed by atoms with Crippen molar-refractivity contribution in [2.75, 3.05) is 31.1 Å². The van der Waals surface area contributed by atoms with Gasteiger partial charge in [0.2, 0.25) is 10.0 Å². The fraction of sp³-hybridized carbons (Fsp3) is 0.409. The SMILES string of the molecule is CC[C@H](C)NS(=O)(=O)c1ccc(C(=O)N2CCN(c3ccccc3C)CC2)cc1. The number of amides is 1. The Morgan fingerprint density at radius 3 is 2.24 bits per heavy atom. The standard InChI is InChI=1S/C22H29N3O3S/c1-4-18(3)23-29(27,28)20-11-9-19(10-12-20)22(26)25-15-13-24(14-16-25)21-8-6-5-7-17(21)2/h5-12,18,23H,4,13-16H2,1-3H3/t18-/m0/s1. The van der Waals surface area contributed by atoms with Crippen LogP contribution in [-0.2, 0) is 10.0 Å². The molecular weight excluding hydrogens is 386 g/mol. The number of rotatable bonds is 6. The maximum atomic E-state index is 12.8. The number of hydrogen-bond donors (Lipinski definition) is 1. The van der Waals surface area contributed by atoms with Crippen LogP contribution in [-0.4, -0.2) is 51.4 Å². The molecule has 29 heavy (non-hydrogen) atoms. The third kappa shape index (κ3) is 4.97. The lowest BCUT2D eigenvalue weighted by atomic mass is 10.1. The molecule has 156 valence electrons. The zero-order chi connectivity index (χ0) is 21.0. The number of para-hydroxylation sites is 1. The summed E-state index contributed by atoms with van der Waals surface area (Å²) in [5.74, 6) is -0.0618. The number of sulfonamides is 1. The van der Waals surface area contributed by atoms with Crippen molar-refractivity contribution in [2.45, 2.75) is 38.1 Å². The van der Waals surface area contributed by atoms with Gasteiger partial charge < -0.3 is 9.80 Å². The molecule has 1 N–H and O–H groups in total. The van der Waals surface area contributed by atoms with E-state index in [0.717, 1.165) is 13.1 Å². The van der Waals surface area contributed by atoms with E-state index in [2.05, 4.69) is 28.7 Å². The Kier molecular flexibility index (Phi) is 6.59. The number of hydrogen-bond acceptors (Lipinski definition) is 4. The minimum atomic E-state index is -3.56. The van der Waals surface area contributed by atoms with E-state index in [0.29, 0.717) is 25.1 Å². The van der Waals surface area contributed by atoms with Crippen LogP contribution in [0, 0.1) is 6.92 Å². The van der Waals surface area contributed by atoms with Crippen molar-refractivity contribution in [3.05, 3.63) is 59.7 Å². The highest BCUT2D eigenvalue weighted by Gasteiger charge is 2.24. The highest BCUT2D eigenvalue weighted by molar-refractivity contribution is 7.89. The minimum Gasteiger partial charge on any atom is -0.368 e. The number of carbonyl (C=O) groups is 1. The molecule has 1 saturated heterocycles. The maximum Gasteiger partial charge on any atom is 0.253 e. The van der Waals surface area contributed by atoms with E-state index in [4.69, 9.17) is 0 Å². The maximum absolute atomic E-state index is 12.8. The summed E-state index contributed by atoms with van der Waals surface area (Å²) in [6.07, 6.45) is 0.713. The van der Waals surface area contributed by atoms with E-state index < -0.39 is 10.0 Å². The summed E-state index contributed by atoms with van der Waals surface area (Å²) in [4.78, 5) is 17.1. The van der Waals surface area contributed by atoms with Gasteiger partial charge in [-0.1, -0.05) is 25.1 Å². The van der Waals surface area contributed by atoms with Gasteiger partial charge in [-0.3, -0.25) is 4.79 Å². The average Bonchev–Trinajstić information content (AvgIpc) is 2.73. The summed E-state index contributed by atoms with van der Waals surface area (Å²) in [5.41, 5.74) is 2.95. The molecule has 1 atom stereocenters. The molecule has 1 amide bonds. The molecule has 0 bridgehead atoms.